The Balaban J connectivity index is 1.61. The van der Waals surface area contributed by atoms with Gasteiger partial charge in [0.15, 0.2) is 0 Å². The maximum atomic E-state index is 6.23. The first-order valence-electron chi connectivity index (χ1n) is 9.65. The highest BCUT2D eigenvalue weighted by molar-refractivity contribution is 6.62. The molecule has 25 heavy (non-hydrogen) atoms. The van der Waals surface area contributed by atoms with E-state index in [0.717, 1.165) is 11.9 Å². The Kier molecular flexibility index (Phi) is 4.14. The SMILES string of the molecule is CN1C2C=C(c3cccc(B4OC(C)(C)C(C)(C)O4)c3)CC1CCC2. The van der Waals surface area contributed by atoms with Crippen LogP contribution in [0.5, 0.6) is 0 Å². The average Bonchev–Trinajstić information content (AvgIpc) is 2.75. The third-order valence-corrected chi connectivity index (χ3v) is 6.77. The zero-order chi connectivity index (χ0) is 17.8. The molecule has 2 bridgehead atoms. The second kappa shape index (κ2) is 5.97. The van der Waals surface area contributed by atoms with Gasteiger partial charge in [0.2, 0.25) is 0 Å². The van der Waals surface area contributed by atoms with Crippen LogP contribution in [0.3, 0.4) is 0 Å². The van der Waals surface area contributed by atoms with Gasteiger partial charge in [-0.15, -0.1) is 0 Å². The van der Waals surface area contributed by atoms with Gasteiger partial charge in [-0.05, 0) is 70.6 Å². The molecule has 0 spiro atoms. The van der Waals surface area contributed by atoms with E-state index in [1.807, 2.05) is 0 Å². The van der Waals surface area contributed by atoms with E-state index in [-0.39, 0.29) is 18.3 Å². The smallest absolute Gasteiger partial charge is 0.399 e. The second-order valence-corrected chi connectivity index (χ2v) is 8.93. The fourth-order valence-electron chi connectivity index (χ4n) is 4.32. The minimum absolute atomic E-state index is 0.281. The van der Waals surface area contributed by atoms with Crippen molar-refractivity contribution in [3.8, 4) is 0 Å². The van der Waals surface area contributed by atoms with Crippen molar-refractivity contribution in [2.45, 2.75) is 76.7 Å². The molecule has 2 fully saturated rings. The van der Waals surface area contributed by atoms with Crippen LogP contribution in [0.15, 0.2) is 30.3 Å². The summed E-state index contributed by atoms with van der Waals surface area (Å²) in [5.74, 6) is 0. The number of fused-ring (bicyclic) bond motifs is 2. The zero-order valence-electron chi connectivity index (χ0n) is 16.2. The number of likely N-dealkylation sites (N-methyl/N-ethyl adjacent to an activating group) is 1. The van der Waals surface area contributed by atoms with Crippen LogP contribution in [0.1, 0.15) is 58.9 Å². The summed E-state index contributed by atoms with van der Waals surface area (Å²) in [7, 11) is 2.00. The Morgan fingerprint density at radius 1 is 1.08 bits per heavy atom. The molecule has 3 nitrogen and oxygen atoms in total. The highest BCUT2D eigenvalue weighted by Gasteiger charge is 2.51. The van der Waals surface area contributed by atoms with Gasteiger partial charge in [0.1, 0.15) is 0 Å². The van der Waals surface area contributed by atoms with Gasteiger partial charge in [-0.3, -0.25) is 4.90 Å². The summed E-state index contributed by atoms with van der Waals surface area (Å²) in [5.41, 5.74) is 3.36. The van der Waals surface area contributed by atoms with Crippen LogP contribution in [0.4, 0.5) is 0 Å². The summed E-state index contributed by atoms with van der Waals surface area (Å²) in [6.07, 6.45) is 7.60. The van der Waals surface area contributed by atoms with Crippen LogP contribution in [-0.4, -0.2) is 42.4 Å². The standard InChI is InChI=1S/C21H30BNO2/c1-20(2)21(3,4)25-22(24-20)17-9-6-8-15(12-17)16-13-18-10-7-11-19(14-16)23(18)5/h6,8-9,12-13,18-19H,7,10-11,14H2,1-5H3. The molecule has 0 radical (unpaired) electrons. The summed E-state index contributed by atoms with van der Waals surface area (Å²) in [5, 5.41) is 0. The number of hydrogen-bond donors (Lipinski definition) is 0. The quantitative estimate of drug-likeness (QED) is 0.768. The minimum atomic E-state index is -0.294. The molecule has 134 valence electrons. The molecule has 3 aliphatic heterocycles. The van der Waals surface area contributed by atoms with E-state index in [4.69, 9.17) is 9.31 Å². The Morgan fingerprint density at radius 2 is 1.80 bits per heavy atom. The van der Waals surface area contributed by atoms with Crippen molar-refractivity contribution < 1.29 is 9.31 Å². The first-order valence-corrected chi connectivity index (χ1v) is 9.65. The van der Waals surface area contributed by atoms with E-state index in [2.05, 4.69) is 70.0 Å². The monoisotopic (exact) mass is 339 g/mol. The van der Waals surface area contributed by atoms with Crippen molar-refractivity contribution in [2.75, 3.05) is 7.05 Å². The molecule has 2 unspecified atom stereocenters. The summed E-state index contributed by atoms with van der Waals surface area (Å²) >= 11 is 0. The second-order valence-electron chi connectivity index (χ2n) is 8.93. The van der Waals surface area contributed by atoms with Gasteiger partial charge in [-0.1, -0.05) is 36.8 Å². The fourth-order valence-corrected chi connectivity index (χ4v) is 4.32. The first-order chi connectivity index (χ1) is 11.8. The number of nitrogens with zero attached hydrogens (tertiary/aromatic N) is 1. The molecule has 2 atom stereocenters. The molecule has 3 heterocycles. The van der Waals surface area contributed by atoms with Crippen molar-refractivity contribution in [3.05, 3.63) is 35.9 Å². The summed E-state index contributed by atoms with van der Waals surface area (Å²) in [6, 6.07) is 10.1. The van der Waals surface area contributed by atoms with Crippen LogP contribution in [0, 0.1) is 0 Å². The van der Waals surface area contributed by atoms with Crippen molar-refractivity contribution in [3.63, 3.8) is 0 Å². The maximum Gasteiger partial charge on any atom is 0.494 e. The molecular weight excluding hydrogens is 309 g/mol. The van der Waals surface area contributed by atoms with Crippen molar-refractivity contribution in [1.82, 2.24) is 4.90 Å². The summed E-state index contributed by atoms with van der Waals surface area (Å²) in [4.78, 5) is 2.56. The highest BCUT2D eigenvalue weighted by atomic mass is 16.7. The predicted octanol–water partition coefficient (Wildman–Crippen LogP) is 3.63. The normalized spacial score (nSPS) is 31.1. The van der Waals surface area contributed by atoms with Gasteiger partial charge in [0.25, 0.3) is 0 Å². The topological polar surface area (TPSA) is 21.7 Å². The van der Waals surface area contributed by atoms with E-state index >= 15 is 0 Å². The van der Waals surface area contributed by atoms with Gasteiger partial charge in [-0.25, -0.2) is 0 Å². The molecule has 2 saturated heterocycles. The zero-order valence-corrected chi connectivity index (χ0v) is 16.2. The third-order valence-electron chi connectivity index (χ3n) is 6.77. The van der Waals surface area contributed by atoms with Crippen LogP contribution in [0.25, 0.3) is 5.57 Å². The number of rotatable bonds is 2. The van der Waals surface area contributed by atoms with E-state index in [9.17, 15) is 0 Å². The van der Waals surface area contributed by atoms with Crippen LogP contribution in [-0.2, 0) is 9.31 Å². The molecule has 0 aromatic heterocycles. The van der Waals surface area contributed by atoms with Gasteiger partial charge < -0.3 is 9.31 Å². The van der Waals surface area contributed by atoms with Gasteiger partial charge >= 0.3 is 7.12 Å². The molecular formula is C21H30BNO2. The number of hydrogen-bond acceptors (Lipinski definition) is 3. The summed E-state index contributed by atoms with van der Waals surface area (Å²) in [6.45, 7) is 8.43. The first kappa shape index (κ1) is 17.3. The van der Waals surface area contributed by atoms with E-state index < -0.39 is 0 Å². The van der Waals surface area contributed by atoms with Gasteiger partial charge in [0, 0.05) is 12.1 Å². The van der Waals surface area contributed by atoms with Crippen LogP contribution >= 0.6 is 0 Å². The molecule has 0 aliphatic carbocycles. The predicted molar refractivity (Wildman–Crippen MR) is 104 cm³/mol. The molecule has 1 aromatic rings. The Bertz CT molecular complexity index is 681. The summed E-state index contributed by atoms with van der Waals surface area (Å²) < 4.78 is 12.5. The van der Waals surface area contributed by atoms with Crippen LogP contribution in [0.2, 0.25) is 0 Å². The lowest BCUT2D eigenvalue weighted by molar-refractivity contribution is 0.00578. The van der Waals surface area contributed by atoms with E-state index in [1.165, 1.54) is 30.4 Å². The van der Waals surface area contributed by atoms with Crippen molar-refractivity contribution in [1.29, 1.82) is 0 Å². The highest BCUT2D eigenvalue weighted by Crippen LogP contribution is 2.38. The average molecular weight is 339 g/mol. The Labute approximate surface area is 152 Å². The van der Waals surface area contributed by atoms with E-state index in [1.54, 1.807) is 0 Å². The van der Waals surface area contributed by atoms with Crippen molar-refractivity contribution >= 4 is 18.2 Å². The number of benzene rings is 1. The largest absolute Gasteiger partial charge is 0.494 e. The Hall–Kier alpha value is -1.10. The van der Waals surface area contributed by atoms with Gasteiger partial charge in [-0.2, -0.15) is 0 Å². The lowest BCUT2D eigenvalue weighted by Crippen LogP contribution is -2.45. The molecule has 3 aliphatic rings. The molecule has 0 saturated carbocycles. The van der Waals surface area contributed by atoms with Gasteiger partial charge in [0.05, 0.1) is 11.2 Å². The van der Waals surface area contributed by atoms with E-state index in [0.29, 0.717) is 12.1 Å². The Morgan fingerprint density at radius 3 is 2.48 bits per heavy atom. The van der Waals surface area contributed by atoms with Crippen LogP contribution < -0.4 is 5.46 Å². The minimum Gasteiger partial charge on any atom is -0.399 e. The molecule has 0 N–H and O–H groups in total. The number of piperidine rings is 1. The maximum absolute atomic E-state index is 6.23. The lowest BCUT2D eigenvalue weighted by atomic mass is 9.76. The molecule has 4 heteroatoms. The lowest BCUT2D eigenvalue weighted by Gasteiger charge is -2.43. The molecule has 0 amide bonds. The fraction of sp³-hybridized carbons (Fsp3) is 0.619. The third kappa shape index (κ3) is 2.99. The molecule has 4 rings (SSSR count). The molecule has 1 aromatic carbocycles. The van der Waals surface area contributed by atoms with Crippen molar-refractivity contribution in [2.24, 2.45) is 0 Å².